The lowest BCUT2D eigenvalue weighted by atomic mass is 10.2. The van der Waals surface area contributed by atoms with Gasteiger partial charge in [-0.2, -0.15) is 5.10 Å². The SMILES string of the molecule is COc1ccccc1NC(=O)CC(=O)NN=Cc1cc(Br)c(OCc2ccccc2Cl)c(OC)c1. The molecule has 3 rings (SSSR count). The minimum Gasteiger partial charge on any atom is -0.495 e. The summed E-state index contributed by atoms with van der Waals surface area (Å²) in [5.74, 6) is 0.404. The number of amides is 2. The van der Waals surface area contributed by atoms with E-state index in [2.05, 4.69) is 31.8 Å². The van der Waals surface area contributed by atoms with Crippen LogP contribution in [0, 0.1) is 0 Å². The van der Waals surface area contributed by atoms with Gasteiger partial charge in [0.2, 0.25) is 11.8 Å². The van der Waals surface area contributed by atoms with E-state index in [4.69, 9.17) is 25.8 Å². The number of anilines is 1. The smallest absolute Gasteiger partial charge is 0.249 e. The van der Waals surface area contributed by atoms with Crippen LogP contribution in [0.1, 0.15) is 17.5 Å². The van der Waals surface area contributed by atoms with E-state index in [1.54, 1.807) is 42.5 Å². The summed E-state index contributed by atoms with van der Waals surface area (Å²) in [6.45, 7) is 0.259. The Morgan fingerprint density at radius 3 is 2.46 bits per heavy atom. The van der Waals surface area contributed by atoms with E-state index in [1.165, 1.54) is 20.4 Å². The molecular formula is C25H23BrClN3O5. The van der Waals surface area contributed by atoms with E-state index in [1.807, 2.05) is 18.2 Å². The Kier molecular flexibility index (Phi) is 9.51. The zero-order valence-electron chi connectivity index (χ0n) is 19.0. The van der Waals surface area contributed by atoms with Crippen LogP contribution in [0.15, 0.2) is 70.2 Å². The van der Waals surface area contributed by atoms with Gasteiger partial charge in [0.05, 0.1) is 30.6 Å². The number of nitrogens with zero attached hydrogens (tertiary/aromatic N) is 1. The van der Waals surface area contributed by atoms with Gasteiger partial charge in [-0.05, 0) is 51.8 Å². The summed E-state index contributed by atoms with van der Waals surface area (Å²) in [5, 5.41) is 7.17. The average molecular weight is 561 g/mol. The number of methoxy groups -OCH3 is 2. The van der Waals surface area contributed by atoms with Crippen molar-refractivity contribution in [2.24, 2.45) is 5.10 Å². The van der Waals surface area contributed by atoms with Crippen molar-refractivity contribution in [2.75, 3.05) is 19.5 Å². The quantitative estimate of drug-likeness (QED) is 0.202. The Bertz CT molecular complexity index is 1240. The Labute approximate surface area is 216 Å². The maximum atomic E-state index is 12.2. The third-order valence-electron chi connectivity index (χ3n) is 4.69. The van der Waals surface area contributed by atoms with Crippen molar-refractivity contribution in [3.05, 3.63) is 81.3 Å². The Balaban J connectivity index is 1.58. The Morgan fingerprint density at radius 2 is 1.71 bits per heavy atom. The number of carbonyl (C=O) groups is 2. The number of hydrogen-bond acceptors (Lipinski definition) is 6. The number of para-hydroxylation sites is 2. The zero-order valence-corrected chi connectivity index (χ0v) is 21.4. The summed E-state index contributed by atoms with van der Waals surface area (Å²) in [7, 11) is 3.02. The molecule has 0 aromatic heterocycles. The van der Waals surface area contributed by atoms with Gasteiger partial charge in [0, 0.05) is 10.6 Å². The van der Waals surface area contributed by atoms with E-state index in [-0.39, 0.29) is 6.61 Å². The van der Waals surface area contributed by atoms with Crippen molar-refractivity contribution in [3.63, 3.8) is 0 Å². The van der Waals surface area contributed by atoms with Crippen molar-refractivity contribution < 1.29 is 23.8 Å². The molecule has 2 amide bonds. The number of carbonyl (C=O) groups excluding carboxylic acids is 2. The highest BCUT2D eigenvalue weighted by atomic mass is 79.9. The molecule has 2 N–H and O–H groups in total. The largest absolute Gasteiger partial charge is 0.495 e. The molecule has 0 aliphatic heterocycles. The van der Waals surface area contributed by atoms with Crippen LogP contribution in [0.25, 0.3) is 0 Å². The first kappa shape index (κ1) is 26.1. The van der Waals surface area contributed by atoms with Crippen molar-refractivity contribution in [2.45, 2.75) is 13.0 Å². The lowest BCUT2D eigenvalue weighted by Crippen LogP contribution is -2.24. The van der Waals surface area contributed by atoms with Gasteiger partial charge in [0.25, 0.3) is 0 Å². The molecule has 182 valence electrons. The van der Waals surface area contributed by atoms with Gasteiger partial charge in [-0.25, -0.2) is 5.43 Å². The second-order valence-corrected chi connectivity index (χ2v) is 8.39. The Hall–Kier alpha value is -3.56. The van der Waals surface area contributed by atoms with E-state index < -0.39 is 18.2 Å². The zero-order chi connectivity index (χ0) is 25.2. The van der Waals surface area contributed by atoms with Crippen LogP contribution in [-0.2, 0) is 16.2 Å². The standard InChI is InChI=1S/C25H23BrClN3O5/c1-33-21-10-6-5-9-20(21)29-23(31)13-24(32)30-28-14-16-11-18(26)25(22(12-16)34-2)35-15-17-7-3-4-8-19(17)27/h3-12,14H,13,15H2,1-2H3,(H,29,31)(H,30,32). The fourth-order valence-corrected chi connectivity index (χ4v) is 3.79. The highest BCUT2D eigenvalue weighted by molar-refractivity contribution is 9.10. The molecule has 0 unspecified atom stereocenters. The molecule has 0 fully saturated rings. The summed E-state index contributed by atoms with van der Waals surface area (Å²) in [6.07, 6.45) is 1.03. The second-order valence-electron chi connectivity index (χ2n) is 7.13. The average Bonchev–Trinajstić information content (AvgIpc) is 2.84. The lowest BCUT2D eigenvalue weighted by molar-refractivity contribution is -0.126. The van der Waals surface area contributed by atoms with E-state index in [0.29, 0.717) is 38.0 Å². The molecule has 0 heterocycles. The van der Waals surface area contributed by atoms with Gasteiger partial charge in [-0.1, -0.05) is 41.9 Å². The molecule has 10 heteroatoms. The number of halogens is 2. The Morgan fingerprint density at radius 1 is 1.00 bits per heavy atom. The monoisotopic (exact) mass is 559 g/mol. The normalized spacial score (nSPS) is 10.6. The summed E-state index contributed by atoms with van der Waals surface area (Å²) in [5.41, 5.74) is 4.29. The topological polar surface area (TPSA) is 98.2 Å². The number of nitrogens with one attached hydrogen (secondary N) is 2. The highest BCUT2D eigenvalue weighted by Gasteiger charge is 2.13. The number of rotatable bonds is 10. The molecule has 0 aliphatic carbocycles. The van der Waals surface area contributed by atoms with Crippen LogP contribution in [-0.4, -0.2) is 32.2 Å². The molecule has 0 bridgehead atoms. The maximum Gasteiger partial charge on any atom is 0.249 e. The predicted molar refractivity (Wildman–Crippen MR) is 138 cm³/mol. The molecule has 3 aromatic rings. The first-order chi connectivity index (χ1) is 16.9. The van der Waals surface area contributed by atoms with Crippen LogP contribution in [0.2, 0.25) is 5.02 Å². The van der Waals surface area contributed by atoms with Crippen molar-refractivity contribution in [1.82, 2.24) is 5.43 Å². The van der Waals surface area contributed by atoms with Crippen LogP contribution in [0.5, 0.6) is 17.2 Å². The van der Waals surface area contributed by atoms with Crippen molar-refractivity contribution >= 4 is 51.2 Å². The third kappa shape index (κ3) is 7.46. The fraction of sp³-hybridized carbons (Fsp3) is 0.160. The van der Waals surface area contributed by atoms with E-state index in [9.17, 15) is 9.59 Å². The molecule has 0 aliphatic rings. The van der Waals surface area contributed by atoms with Crippen LogP contribution >= 0.6 is 27.5 Å². The van der Waals surface area contributed by atoms with Crippen LogP contribution < -0.4 is 25.0 Å². The van der Waals surface area contributed by atoms with Crippen LogP contribution in [0.3, 0.4) is 0 Å². The first-order valence-electron chi connectivity index (χ1n) is 10.4. The predicted octanol–water partition coefficient (Wildman–Crippen LogP) is 5.18. The van der Waals surface area contributed by atoms with Gasteiger partial charge >= 0.3 is 0 Å². The first-order valence-corrected chi connectivity index (χ1v) is 11.6. The molecular weight excluding hydrogens is 538 g/mol. The number of hydrazone groups is 1. The van der Waals surface area contributed by atoms with E-state index in [0.717, 1.165) is 5.56 Å². The minimum absolute atomic E-state index is 0.259. The van der Waals surface area contributed by atoms with Gasteiger partial charge < -0.3 is 19.5 Å². The summed E-state index contributed by atoms with van der Waals surface area (Å²) < 4.78 is 17.2. The molecule has 0 saturated heterocycles. The van der Waals surface area contributed by atoms with Gasteiger partial charge in [-0.15, -0.1) is 0 Å². The molecule has 0 saturated carbocycles. The van der Waals surface area contributed by atoms with Crippen LogP contribution in [0.4, 0.5) is 5.69 Å². The number of benzene rings is 3. The summed E-state index contributed by atoms with van der Waals surface area (Å²) in [4.78, 5) is 24.2. The molecule has 0 spiro atoms. The van der Waals surface area contributed by atoms with Gasteiger partial charge in [-0.3, -0.25) is 9.59 Å². The lowest BCUT2D eigenvalue weighted by Gasteiger charge is -2.14. The molecule has 0 atom stereocenters. The number of ether oxygens (including phenoxy) is 3. The summed E-state index contributed by atoms with van der Waals surface area (Å²) in [6, 6.07) is 17.8. The van der Waals surface area contributed by atoms with Crippen molar-refractivity contribution in [3.8, 4) is 17.2 Å². The minimum atomic E-state index is -0.570. The van der Waals surface area contributed by atoms with Gasteiger partial charge in [0.1, 0.15) is 18.8 Å². The molecule has 8 nitrogen and oxygen atoms in total. The molecule has 35 heavy (non-hydrogen) atoms. The summed E-state index contributed by atoms with van der Waals surface area (Å²) >= 11 is 9.67. The fourth-order valence-electron chi connectivity index (χ4n) is 3.03. The van der Waals surface area contributed by atoms with Crippen molar-refractivity contribution in [1.29, 1.82) is 0 Å². The second kappa shape index (κ2) is 12.8. The van der Waals surface area contributed by atoms with E-state index >= 15 is 0 Å². The molecule has 3 aromatic carbocycles. The van der Waals surface area contributed by atoms with Gasteiger partial charge in [0.15, 0.2) is 11.5 Å². The number of hydrogen-bond donors (Lipinski definition) is 2. The highest BCUT2D eigenvalue weighted by Crippen LogP contribution is 2.37. The maximum absolute atomic E-state index is 12.2. The third-order valence-corrected chi connectivity index (χ3v) is 5.64. The molecule has 0 radical (unpaired) electrons.